The molecule has 22 heavy (non-hydrogen) atoms. The van der Waals surface area contributed by atoms with Crippen LogP contribution in [0.25, 0.3) is 10.2 Å². The highest BCUT2D eigenvalue weighted by Gasteiger charge is 2.32. The molecule has 0 aliphatic carbocycles. The first-order valence-electron chi connectivity index (χ1n) is 7.61. The molecule has 0 radical (unpaired) electrons. The van der Waals surface area contributed by atoms with E-state index in [1.807, 2.05) is 18.2 Å². The minimum atomic E-state index is -0.0176. The van der Waals surface area contributed by atoms with Crippen LogP contribution in [0.5, 0.6) is 0 Å². The van der Waals surface area contributed by atoms with Gasteiger partial charge in [0.1, 0.15) is 18.6 Å². The molecule has 0 spiro atoms. The lowest BCUT2D eigenvalue weighted by Crippen LogP contribution is -3.22. The molecule has 0 saturated carbocycles. The van der Waals surface area contributed by atoms with Crippen LogP contribution >= 0.6 is 11.3 Å². The molecule has 2 heterocycles. The largest absolute Gasteiger partial charge is 0.370 e. The minimum Gasteiger partial charge on any atom is -0.370 e. The number of hydrogen-bond donors (Lipinski definition) is 2. The van der Waals surface area contributed by atoms with Gasteiger partial charge in [-0.1, -0.05) is 0 Å². The zero-order valence-corrected chi connectivity index (χ0v) is 13.8. The van der Waals surface area contributed by atoms with Crippen molar-refractivity contribution in [2.24, 2.45) is 0 Å². The molecule has 0 bridgehead atoms. The summed E-state index contributed by atoms with van der Waals surface area (Å²) in [5.74, 6) is -0.0176. The van der Waals surface area contributed by atoms with Crippen LogP contribution in [-0.2, 0) is 4.74 Å². The first kappa shape index (κ1) is 15.4. The Balaban J connectivity index is 1.63. The highest BCUT2D eigenvalue weighted by molar-refractivity contribution is 7.16. The smallest absolute Gasteiger partial charge is 0.251 e. The average molecular weight is 320 g/mol. The Bertz CT molecular complexity index is 662. The second kappa shape index (κ2) is 6.32. The predicted octanol–water partition coefficient (Wildman–Crippen LogP) is 0.720. The van der Waals surface area contributed by atoms with Crippen molar-refractivity contribution in [3.63, 3.8) is 0 Å². The van der Waals surface area contributed by atoms with Crippen molar-refractivity contribution in [3.8, 4) is 0 Å². The van der Waals surface area contributed by atoms with E-state index in [9.17, 15) is 4.79 Å². The number of carbonyl (C=O) groups excluding carboxylic acids is 1. The van der Waals surface area contributed by atoms with E-state index in [0.717, 1.165) is 36.5 Å². The molecule has 1 aromatic carbocycles. The van der Waals surface area contributed by atoms with E-state index in [1.54, 1.807) is 16.8 Å². The van der Waals surface area contributed by atoms with Gasteiger partial charge in [-0.25, -0.2) is 4.98 Å². The number of nitrogens with zero attached hydrogens (tertiary/aromatic N) is 1. The molecule has 1 amide bonds. The van der Waals surface area contributed by atoms with Crippen LogP contribution < -0.4 is 10.2 Å². The Labute approximate surface area is 134 Å². The van der Waals surface area contributed by atoms with Crippen LogP contribution in [0.15, 0.2) is 23.7 Å². The Kier molecular flexibility index (Phi) is 4.42. The molecule has 6 heteroatoms. The molecule has 1 aromatic heterocycles. The molecule has 1 aliphatic rings. The minimum absolute atomic E-state index is 0.00797. The summed E-state index contributed by atoms with van der Waals surface area (Å²) >= 11 is 1.56. The number of hydrogen-bond acceptors (Lipinski definition) is 4. The van der Waals surface area contributed by atoms with Gasteiger partial charge in [-0.05, 0) is 32.0 Å². The molecule has 5 nitrogen and oxygen atoms in total. The molecule has 0 atom stereocenters. The number of nitrogens with one attached hydrogen (secondary N) is 2. The summed E-state index contributed by atoms with van der Waals surface area (Å²) in [6, 6.07) is 5.65. The Morgan fingerprint density at radius 3 is 2.95 bits per heavy atom. The van der Waals surface area contributed by atoms with Gasteiger partial charge in [0.25, 0.3) is 5.91 Å². The number of morpholine rings is 1. The fourth-order valence-corrected chi connectivity index (χ4v) is 3.54. The Morgan fingerprint density at radius 1 is 1.41 bits per heavy atom. The van der Waals surface area contributed by atoms with Gasteiger partial charge in [0.2, 0.25) is 0 Å². The van der Waals surface area contributed by atoms with Crippen LogP contribution in [0.4, 0.5) is 0 Å². The van der Waals surface area contributed by atoms with E-state index in [-0.39, 0.29) is 11.4 Å². The van der Waals surface area contributed by atoms with Crippen LogP contribution in [-0.4, -0.2) is 49.3 Å². The summed E-state index contributed by atoms with van der Waals surface area (Å²) in [5, 5.41) is 3.08. The number of amides is 1. The lowest BCUT2D eigenvalue weighted by Gasteiger charge is -2.37. The van der Waals surface area contributed by atoms with E-state index in [2.05, 4.69) is 24.1 Å². The summed E-state index contributed by atoms with van der Waals surface area (Å²) in [6.45, 7) is 8.64. The van der Waals surface area contributed by atoms with Gasteiger partial charge in [0.15, 0.2) is 0 Å². The van der Waals surface area contributed by atoms with Crippen molar-refractivity contribution in [1.82, 2.24) is 10.3 Å². The molecular formula is C16H22N3O2S+. The highest BCUT2D eigenvalue weighted by atomic mass is 32.1. The topological polar surface area (TPSA) is 55.7 Å². The first-order chi connectivity index (χ1) is 10.6. The maximum atomic E-state index is 12.4. The van der Waals surface area contributed by atoms with Gasteiger partial charge in [-0.15, -0.1) is 11.3 Å². The third-order valence-corrected chi connectivity index (χ3v) is 5.13. The lowest BCUT2D eigenvalue weighted by atomic mass is 10.0. The highest BCUT2D eigenvalue weighted by Crippen LogP contribution is 2.19. The van der Waals surface area contributed by atoms with Crippen LogP contribution in [0, 0.1) is 0 Å². The zero-order chi connectivity index (χ0) is 15.6. The van der Waals surface area contributed by atoms with Crippen molar-refractivity contribution >= 4 is 27.5 Å². The molecule has 0 unspecified atom stereocenters. The fraction of sp³-hybridized carbons (Fsp3) is 0.500. The van der Waals surface area contributed by atoms with Crippen LogP contribution in [0.3, 0.4) is 0 Å². The van der Waals surface area contributed by atoms with Gasteiger partial charge >= 0.3 is 0 Å². The van der Waals surface area contributed by atoms with Gasteiger partial charge in [-0.2, -0.15) is 0 Å². The SMILES string of the molecule is CC(C)(CNC(=O)c1ccc2ncsc2c1)[NH+]1CCOCC1. The number of carbonyl (C=O) groups is 1. The summed E-state index contributed by atoms with van der Waals surface area (Å²) in [5.41, 5.74) is 3.45. The maximum absolute atomic E-state index is 12.4. The predicted molar refractivity (Wildman–Crippen MR) is 87.5 cm³/mol. The van der Waals surface area contributed by atoms with Crippen molar-refractivity contribution in [2.75, 3.05) is 32.8 Å². The third kappa shape index (κ3) is 3.29. The molecular weight excluding hydrogens is 298 g/mol. The van der Waals surface area contributed by atoms with E-state index in [4.69, 9.17) is 4.74 Å². The zero-order valence-electron chi connectivity index (χ0n) is 13.0. The van der Waals surface area contributed by atoms with Gasteiger partial charge in [0.05, 0.1) is 35.5 Å². The lowest BCUT2D eigenvalue weighted by molar-refractivity contribution is -0.954. The first-order valence-corrected chi connectivity index (χ1v) is 8.49. The second-order valence-corrected chi connectivity index (χ2v) is 7.20. The molecule has 1 saturated heterocycles. The molecule has 2 aromatic rings. The number of quaternary nitrogens is 1. The quantitative estimate of drug-likeness (QED) is 0.873. The summed E-state index contributed by atoms with van der Waals surface area (Å²) in [7, 11) is 0. The molecule has 1 aliphatic heterocycles. The normalized spacial score (nSPS) is 16.8. The molecule has 1 fully saturated rings. The van der Waals surface area contributed by atoms with Crippen molar-refractivity contribution in [3.05, 3.63) is 29.3 Å². The summed E-state index contributed by atoms with van der Waals surface area (Å²) < 4.78 is 6.46. The molecule has 3 rings (SSSR count). The number of ether oxygens (including phenoxy) is 1. The van der Waals surface area contributed by atoms with Gasteiger partial charge < -0.3 is 15.0 Å². The Morgan fingerprint density at radius 2 is 2.18 bits per heavy atom. The maximum Gasteiger partial charge on any atom is 0.251 e. The third-order valence-electron chi connectivity index (χ3n) is 4.34. The summed E-state index contributed by atoms with van der Waals surface area (Å²) in [6.07, 6.45) is 0. The summed E-state index contributed by atoms with van der Waals surface area (Å²) in [4.78, 5) is 18.1. The monoisotopic (exact) mass is 320 g/mol. The van der Waals surface area contributed by atoms with E-state index in [1.165, 1.54) is 4.90 Å². The average Bonchev–Trinajstić information content (AvgIpc) is 3.01. The number of benzene rings is 1. The van der Waals surface area contributed by atoms with Gasteiger partial charge in [-0.3, -0.25) is 4.79 Å². The van der Waals surface area contributed by atoms with Crippen molar-refractivity contribution in [1.29, 1.82) is 0 Å². The van der Waals surface area contributed by atoms with Crippen molar-refractivity contribution < 1.29 is 14.4 Å². The fourth-order valence-electron chi connectivity index (χ4n) is 2.82. The number of fused-ring (bicyclic) bond motifs is 1. The molecule has 2 N–H and O–H groups in total. The number of rotatable bonds is 4. The number of aromatic nitrogens is 1. The van der Waals surface area contributed by atoms with Gasteiger partial charge in [0, 0.05) is 5.56 Å². The van der Waals surface area contributed by atoms with Crippen molar-refractivity contribution in [2.45, 2.75) is 19.4 Å². The van der Waals surface area contributed by atoms with Crippen LogP contribution in [0.1, 0.15) is 24.2 Å². The molecule has 118 valence electrons. The second-order valence-electron chi connectivity index (χ2n) is 6.32. The number of thiazole rings is 1. The Hall–Kier alpha value is -1.50. The van der Waals surface area contributed by atoms with E-state index in [0.29, 0.717) is 12.1 Å². The standard InChI is InChI=1S/C16H21N3O2S/c1-16(2,19-5-7-21-8-6-19)10-17-15(20)12-3-4-13-14(9-12)22-11-18-13/h3-4,9,11H,5-8,10H2,1-2H3,(H,17,20)/p+1. The van der Waals surface area contributed by atoms with E-state index >= 15 is 0 Å². The van der Waals surface area contributed by atoms with Crippen LogP contribution in [0.2, 0.25) is 0 Å². The van der Waals surface area contributed by atoms with E-state index < -0.39 is 0 Å².